The molecule has 0 spiro atoms. The Morgan fingerprint density at radius 2 is 1.73 bits per heavy atom. The fourth-order valence-electron chi connectivity index (χ4n) is 4.14. The molecule has 0 amide bonds. The van der Waals surface area contributed by atoms with Crippen molar-refractivity contribution in [2.45, 2.75) is 46.2 Å². The Morgan fingerprint density at radius 1 is 1.00 bits per heavy atom. The first-order valence-corrected chi connectivity index (χ1v) is 11.0. The lowest BCUT2D eigenvalue weighted by Gasteiger charge is -2.10. The number of H-pyrrole nitrogens is 1. The SMILES string of the molecule is CCCc1c(C(=O)O)n(CCC)c(=O)n1Cc1ccc(-c2ccccc2-c2nn[nH]n2)cc1. The van der Waals surface area contributed by atoms with Gasteiger partial charge in [-0.2, -0.15) is 5.21 Å². The van der Waals surface area contributed by atoms with E-state index in [1.165, 1.54) is 4.57 Å². The monoisotopic (exact) mass is 446 g/mol. The van der Waals surface area contributed by atoms with Gasteiger partial charge in [0.15, 0.2) is 5.69 Å². The van der Waals surface area contributed by atoms with Crippen molar-refractivity contribution in [1.82, 2.24) is 29.8 Å². The zero-order valence-electron chi connectivity index (χ0n) is 18.7. The van der Waals surface area contributed by atoms with Crippen molar-refractivity contribution in [1.29, 1.82) is 0 Å². The summed E-state index contributed by atoms with van der Waals surface area (Å²) in [7, 11) is 0. The van der Waals surface area contributed by atoms with Gasteiger partial charge in [-0.3, -0.25) is 9.13 Å². The number of carboxylic acids is 1. The van der Waals surface area contributed by atoms with Crippen molar-refractivity contribution in [3.05, 3.63) is 76.0 Å². The summed E-state index contributed by atoms with van der Waals surface area (Å²) in [6.07, 6.45) is 1.97. The van der Waals surface area contributed by atoms with Gasteiger partial charge in [-0.05, 0) is 34.7 Å². The van der Waals surface area contributed by atoms with Crippen LogP contribution in [0.3, 0.4) is 0 Å². The van der Waals surface area contributed by atoms with E-state index in [2.05, 4.69) is 20.6 Å². The summed E-state index contributed by atoms with van der Waals surface area (Å²) in [5, 5.41) is 24.1. The van der Waals surface area contributed by atoms with Crippen molar-refractivity contribution in [3.8, 4) is 22.5 Å². The molecule has 0 aliphatic heterocycles. The molecule has 2 aromatic carbocycles. The van der Waals surface area contributed by atoms with Crippen molar-refractivity contribution >= 4 is 5.97 Å². The third kappa shape index (κ3) is 4.34. The van der Waals surface area contributed by atoms with Gasteiger partial charge < -0.3 is 5.11 Å². The Balaban J connectivity index is 1.70. The smallest absolute Gasteiger partial charge is 0.354 e. The fraction of sp³-hybridized carbons (Fsp3) is 0.292. The molecule has 33 heavy (non-hydrogen) atoms. The summed E-state index contributed by atoms with van der Waals surface area (Å²) in [6.45, 7) is 4.61. The number of rotatable bonds is 9. The van der Waals surface area contributed by atoms with Crippen LogP contribution in [0.1, 0.15) is 48.4 Å². The molecule has 4 rings (SSSR count). The van der Waals surface area contributed by atoms with Crippen LogP contribution in [0.4, 0.5) is 0 Å². The molecule has 2 aromatic heterocycles. The van der Waals surface area contributed by atoms with Crippen LogP contribution in [0.25, 0.3) is 22.5 Å². The van der Waals surface area contributed by atoms with E-state index in [1.807, 2.05) is 62.4 Å². The number of hydrogen-bond acceptors (Lipinski definition) is 5. The van der Waals surface area contributed by atoms with Crippen molar-refractivity contribution < 1.29 is 9.90 Å². The van der Waals surface area contributed by atoms with Gasteiger partial charge in [0.1, 0.15) is 0 Å². The maximum Gasteiger partial charge on any atom is 0.354 e. The van der Waals surface area contributed by atoms with E-state index >= 15 is 0 Å². The van der Waals surface area contributed by atoms with Crippen molar-refractivity contribution in [2.24, 2.45) is 0 Å². The van der Waals surface area contributed by atoms with Gasteiger partial charge in [0.25, 0.3) is 0 Å². The minimum absolute atomic E-state index is 0.106. The molecule has 0 aliphatic carbocycles. The van der Waals surface area contributed by atoms with E-state index in [4.69, 9.17) is 0 Å². The topological polar surface area (TPSA) is 119 Å². The van der Waals surface area contributed by atoms with E-state index in [0.717, 1.165) is 28.7 Å². The largest absolute Gasteiger partial charge is 0.477 e. The molecule has 0 unspecified atom stereocenters. The van der Waals surface area contributed by atoms with Crippen LogP contribution in [0.2, 0.25) is 0 Å². The molecule has 0 atom stereocenters. The maximum atomic E-state index is 13.1. The highest BCUT2D eigenvalue weighted by molar-refractivity contribution is 5.87. The second-order valence-electron chi connectivity index (χ2n) is 7.85. The molecule has 0 aliphatic rings. The highest BCUT2D eigenvalue weighted by Crippen LogP contribution is 2.29. The lowest BCUT2D eigenvalue weighted by atomic mass is 9.98. The molecule has 0 radical (unpaired) electrons. The number of tetrazole rings is 1. The Bertz CT molecular complexity index is 1300. The van der Waals surface area contributed by atoms with Gasteiger partial charge in [0.05, 0.1) is 12.2 Å². The predicted molar refractivity (Wildman–Crippen MR) is 124 cm³/mol. The fourth-order valence-corrected chi connectivity index (χ4v) is 4.14. The number of aromatic amines is 1. The predicted octanol–water partition coefficient (Wildman–Crippen LogP) is 3.61. The first-order valence-electron chi connectivity index (χ1n) is 11.0. The van der Waals surface area contributed by atoms with E-state index in [9.17, 15) is 14.7 Å². The normalized spacial score (nSPS) is 11.1. The first-order chi connectivity index (χ1) is 16.0. The minimum Gasteiger partial charge on any atom is -0.477 e. The second-order valence-corrected chi connectivity index (χ2v) is 7.85. The number of aromatic carboxylic acids is 1. The number of imidazole rings is 1. The first kappa shape index (κ1) is 22.2. The average Bonchev–Trinajstić information content (AvgIpc) is 3.44. The van der Waals surface area contributed by atoms with Gasteiger partial charge in [-0.25, -0.2) is 9.59 Å². The maximum absolute atomic E-state index is 13.1. The quantitative estimate of drug-likeness (QED) is 0.405. The van der Waals surface area contributed by atoms with Gasteiger partial charge in [-0.15, -0.1) is 10.2 Å². The molecule has 4 aromatic rings. The second kappa shape index (κ2) is 9.64. The van der Waals surface area contributed by atoms with Crippen LogP contribution < -0.4 is 5.69 Å². The summed E-state index contributed by atoms with van der Waals surface area (Å²) in [4.78, 5) is 25.0. The summed E-state index contributed by atoms with van der Waals surface area (Å²) in [5.41, 5.74) is 4.14. The van der Waals surface area contributed by atoms with Crippen LogP contribution in [0.15, 0.2) is 53.3 Å². The summed E-state index contributed by atoms with van der Waals surface area (Å²) in [6, 6.07) is 15.7. The number of hydrogen-bond donors (Lipinski definition) is 2. The molecule has 2 heterocycles. The Labute approximate surface area is 190 Å². The molecular weight excluding hydrogens is 420 g/mol. The molecule has 0 bridgehead atoms. The van der Waals surface area contributed by atoms with E-state index in [1.54, 1.807) is 4.57 Å². The highest BCUT2D eigenvalue weighted by Gasteiger charge is 2.24. The van der Waals surface area contributed by atoms with Gasteiger partial charge in [0.2, 0.25) is 5.82 Å². The zero-order valence-corrected chi connectivity index (χ0v) is 18.7. The van der Waals surface area contributed by atoms with Gasteiger partial charge in [-0.1, -0.05) is 68.8 Å². The summed E-state index contributed by atoms with van der Waals surface area (Å²) >= 11 is 0. The lowest BCUT2D eigenvalue weighted by molar-refractivity contribution is 0.0683. The van der Waals surface area contributed by atoms with Crippen molar-refractivity contribution in [2.75, 3.05) is 0 Å². The Morgan fingerprint density at radius 3 is 2.33 bits per heavy atom. The van der Waals surface area contributed by atoms with Crippen LogP contribution in [0, 0.1) is 0 Å². The van der Waals surface area contributed by atoms with Crippen LogP contribution in [-0.2, 0) is 19.5 Å². The zero-order chi connectivity index (χ0) is 23.4. The molecule has 9 nitrogen and oxygen atoms in total. The van der Waals surface area contributed by atoms with Gasteiger partial charge in [0, 0.05) is 12.1 Å². The van der Waals surface area contributed by atoms with E-state index < -0.39 is 5.97 Å². The van der Waals surface area contributed by atoms with Crippen LogP contribution >= 0.6 is 0 Å². The number of nitrogens with zero attached hydrogens (tertiary/aromatic N) is 5. The summed E-state index contributed by atoms with van der Waals surface area (Å²) in [5.74, 6) is -0.542. The summed E-state index contributed by atoms with van der Waals surface area (Å²) < 4.78 is 2.99. The Hall–Kier alpha value is -4.01. The average molecular weight is 447 g/mol. The molecule has 2 N–H and O–H groups in total. The number of carbonyl (C=O) groups is 1. The van der Waals surface area contributed by atoms with Crippen LogP contribution in [-0.4, -0.2) is 40.8 Å². The Kier molecular flexibility index (Phi) is 6.48. The third-order valence-corrected chi connectivity index (χ3v) is 5.59. The number of nitrogens with one attached hydrogen (secondary N) is 1. The lowest BCUT2D eigenvalue weighted by Crippen LogP contribution is -2.26. The van der Waals surface area contributed by atoms with E-state index in [0.29, 0.717) is 37.4 Å². The highest BCUT2D eigenvalue weighted by atomic mass is 16.4. The standard InChI is InChI=1S/C24H26N6O3/c1-3-7-20-21(23(31)32)29(14-4-2)24(33)30(20)15-16-10-12-17(13-11-16)18-8-5-6-9-19(18)22-25-27-28-26-22/h5-6,8-13H,3-4,7,14-15H2,1-2H3,(H,31,32)(H,25,26,27,28). The van der Waals surface area contributed by atoms with E-state index in [-0.39, 0.29) is 11.4 Å². The molecule has 0 saturated heterocycles. The number of carboxylic acid groups (broad SMARTS) is 1. The van der Waals surface area contributed by atoms with Gasteiger partial charge >= 0.3 is 11.7 Å². The number of aromatic nitrogens is 6. The molecule has 170 valence electrons. The molecule has 9 heteroatoms. The molecule has 0 saturated carbocycles. The third-order valence-electron chi connectivity index (χ3n) is 5.59. The van der Waals surface area contributed by atoms with Crippen molar-refractivity contribution in [3.63, 3.8) is 0 Å². The van der Waals surface area contributed by atoms with Crippen LogP contribution in [0.5, 0.6) is 0 Å². The molecule has 0 fully saturated rings. The number of benzene rings is 2. The minimum atomic E-state index is -1.06. The molecular formula is C24H26N6O3.